The number of nitrogens with zero attached hydrogens (tertiary/aromatic N) is 2. The van der Waals surface area contributed by atoms with E-state index in [1.54, 1.807) is 11.3 Å². The van der Waals surface area contributed by atoms with Crippen LogP contribution in [-0.4, -0.2) is 23.4 Å². The van der Waals surface area contributed by atoms with Crippen LogP contribution in [0, 0.1) is 0 Å². The van der Waals surface area contributed by atoms with Gasteiger partial charge >= 0.3 is 0 Å². The van der Waals surface area contributed by atoms with E-state index in [0.717, 1.165) is 15.9 Å². The number of aromatic nitrogens is 1. The van der Waals surface area contributed by atoms with Crippen LogP contribution in [0.1, 0.15) is 0 Å². The molecule has 1 aromatic heterocycles. The molecule has 1 aliphatic rings. The monoisotopic (exact) mass is 232 g/mol. The molecule has 5 nitrogen and oxygen atoms in total. The second kappa shape index (κ2) is 3.57. The summed E-state index contributed by atoms with van der Waals surface area (Å²) in [6.07, 6.45) is 0. The van der Waals surface area contributed by atoms with Crippen LogP contribution in [0.2, 0.25) is 0 Å². The van der Waals surface area contributed by atoms with Crippen molar-refractivity contribution in [2.24, 2.45) is 4.99 Å². The molecule has 3 rings (SSSR count). The van der Waals surface area contributed by atoms with E-state index in [1.807, 2.05) is 23.7 Å². The third kappa shape index (κ3) is 1.63. The SMILES string of the molecule is O=C1CN=C(Nc2ccc3ncsc3c2)N1. The molecule has 0 saturated carbocycles. The highest BCUT2D eigenvalue weighted by Gasteiger charge is 2.12. The van der Waals surface area contributed by atoms with Gasteiger partial charge in [0.05, 0.1) is 15.7 Å². The molecule has 2 heterocycles. The number of carbonyl (C=O) groups excluding carboxylic acids is 1. The Morgan fingerprint density at radius 3 is 3.19 bits per heavy atom. The average molecular weight is 232 g/mol. The number of rotatable bonds is 1. The molecule has 2 aromatic rings. The third-order valence-electron chi connectivity index (χ3n) is 2.23. The van der Waals surface area contributed by atoms with E-state index < -0.39 is 0 Å². The van der Waals surface area contributed by atoms with Crippen molar-refractivity contribution in [2.75, 3.05) is 11.9 Å². The summed E-state index contributed by atoms with van der Waals surface area (Å²) in [6, 6.07) is 5.83. The fourth-order valence-corrected chi connectivity index (χ4v) is 2.22. The maximum Gasteiger partial charge on any atom is 0.248 e. The van der Waals surface area contributed by atoms with Gasteiger partial charge in [-0.2, -0.15) is 0 Å². The predicted octanol–water partition coefficient (Wildman–Crippen LogP) is 1.19. The Morgan fingerprint density at radius 2 is 2.38 bits per heavy atom. The number of anilines is 1. The minimum Gasteiger partial charge on any atom is -0.326 e. The van der Waals surface area contributed by atoms with Crippen LogP contribution in [-0.2, 0) is 4.79 Å². The van der Waals surface area contributed by atoms with Crippen molar-refractivity contribution in [1.82, 2.24) is 10.3 Å². The first-order valence-corrected chi connectivity index (χ1v) is 5.64. The zero-order valence-corrected chi connectivity index (χ0v) is 9.04. The normalized spacial score (nSPS) is 15.0. The minimum absolute atomic E-state index is 0.0821. The fraction of sp³-hybridized carbons (Fsp3) is 0.100. The first-order valence-electron chi connectivity index (χ1n) is 4.76. The summed E-state index contributed by atoms with van der Waals surface area (Å²) >= 11 is 1.58. The van der Waals surface area contributed by atoms with Crippen molar-refractivity contribution in [2.45, 2.75) is 0 Å². The van der Waals surface area contributed by atoms with Crippen LogP contribution in [0.3, 0.4) is 0 Å². The van der Waals surface area contributed by atoms with Crippen molar-refractivity contribution < 1.29 is 4.79 Å². The molecular weight excluding hydrogens is 224 g/mol. The number of hydrogen-bond acceptors (Lipinski definition) is 5. The number of carbonyl (C=O) groups is 1. The minimum atomic E-state index is -0.0821. The van der Waals surface area contributed by atoms with Gasteiger partial charge in [-0.05, 0) is 18.2 Å². The molecule has 6 heteroatoms. The highest BCUT2D eigenvalue weighted by Crippen LogP contribution is 2.21. The van der Waals surface area contributed by atoms with E-state index in [2.05, 4.69) is 20.6 Å². The van der Waals surface area contributed by atoms with Crippen molar-refractivity contribution in [1.29, 1.82) is 0 Å². The Bertz CT molecular complexity index is 589. The van der Waals surface area contributed by atoms with Crippen LogP contribution in [0.4, 0.5) is 5.69 Å². The molecule has 1 amide bonds. The van der Waals surface area contributed by atoms with Crippen molar-refractivity contribution >= 4 is 39.1 Å². The highest BCUT2D eigenvalue weighted by atomic mass is 32.1. The van der Waals surface area contributed by atoms with Gasteiger partial charge in [0.25, 0.3) is 0 Å². The molecule has 16 heavy (non-hydrogen) atoms. The molecule has 0 unspecified atom stereocenters. The predicted molar refractivity (Wildman–Crippen MR) is 63.7 cm³/mol. The molecule has 80 valence electrons. The molecule has 0 radical (unpaired) electrons. The topological polar surface area (TPSA) is 66.4 Å². The molecule has 0 aliphatic carbocycles. The molecule has 0 bridgehead atoms. The maximum absolute atomic E-state index is 10.9. The summed E-state index contributed by atoms with van der Waals surface area (Å²) < 4.78 is 1.11. The molecular formula is C10H8N4OS. The van der Waals surface area contributed by atoms with Gasteiger partial charge in [0.2, 0.25) is 11.9 Å². The van der Waals surface area contributed by atoms with Gasteiger partial charge in [-0.1, -0.05) is 0 Å². The molecule has 1 aliphatic heterocycles. The van der Waals surface area contributed by atoms with Gasteiger partial charge in [0, 0.05) is 5.69 Å². The number of amides is 1. The van der Waals surface area contributed by atoms with Crippen LogP contribution >= 0.6 is 11.3 Å². The first-order chi connectivity index (χ1) is 7.81. The van der Waals surface area contributed by atoms with E-state index in [-0.39, 0.29) is 12.5 Å². The van der Waals surface area contributed by atoms with Crippen LogP contribution in [0.15, 0.2) is 28.7 Å². The van der Waals surface area contributed by atoms with Gasteiger partial charge in [0.15, 0.2) is 0 Å². The Kier molecular flexibility index (Phi) is 2.07. The zero-order chi connectivity index (χ0) is 11.0. The number of fused-ring (bicyclic) bond motifs is 1. The van der Waals surface area contributed by atoms with Crippen LogP contribution in [0.5, 0.6) is 0 Å². The second-order valence-electron chi connectivity index (χ2n) is 3.37. The smallest absolute Gasteiger partial charge is 0.248 e. The summed E-state index contributed by atoms with van der Waals surface area (Å²) in [5.41, 5.74) is 3.69. The second-order valence-corrected chi connectivity index (χ2v) is 4.26. The Labute approximate surface area is 95.2 Å². The van der Waals surface area contributed by atoms with E-state index in [0.29, 0.717) is 5.96 Å². The fourth-order valence-electron chi connectivity index (χ4n) is 1.50. The van der Waals surface area contributed by atoms with Gasteiger partial charge in [-0.15, -0.1) is 11.3 Å². The van der Waals surface area contributed by atoms with Crippen molar-refractivity contribution in [3.63, 3.8) is 0 Å². The molecule has 0 atom stereocenters. The van der Waals surface area contributed by atoms with Gasteiger partial charge in [-0.25, -0.2) is 9.98 Å². The van der Waals surface area contributed by atoms with Crippen LogP contribution in [0.25, 0.3) is 10.2 Å². The largest absolute Gasteiger partial charge is 0.326 e. The Hall–Kier alpha value is -1.95. The lowest BCUT2D eigenvalue weighted by Gasteiger charge is -2.05. The summed E-state index contributed by atoms with van der Waals surface area (Å²) in [4.78, 5) is 19.1. The summed E-state index contributed by atoms with van der Waals surface area (Å²) in [5.74, 6) is 0.426. The number of nitrogens with one attached hydrogen (secondary N) is 2. The molecule has 2 N–H and O–H groups in total. The summed E-state index contributed by atoms with van der Waals surface area (Å²) in [6.45, 7) is 0.200. The number of aliphatic imine (C=N–C) groups is 1. The van der Waals surface area contributed by atoms with E-state index in [4.69, 9.17) is 0 Å². The van der Waals surface area contributed by atoms with E-state index in [1.165, 1.54) is 0 Å². The first kappa shape index (κ1) is 9.29. The number of guanidine groups is 1. The standard InChI is InChI=1S/C10H8N4OS/c15-9-4-11-10(14-9)13-6-1-2-7-8(3-6)16-5-12-7/h1-3,5H,4H2,(H2,11,13,14,15). The van der Waals surface area contributed by atoms with Crippen molar-refractivity contribution in [3.8, 4) is 0 Å². The molecule has 0 saturated heterocycles. The average Bonchev–Trinajstić information content (AvgIpc) is 2.87. The molecule has 1 aromatic carbocycles. The number of thiazole rings is 1. The Balaban J connectivity index is 1.86. The number of hydrogen-bond donors (Lipinski definition) is 2. The summed E-state index contributed by atoms with van der Waals surface area (Å²) in [5, 5.41) is 5.68. The lowest BCUT2D eigenvalue weighted by molar-refractivity contribution is -0.117. The van der Waals surface area contributed by atoms with Crippen LogP contribution < -0.4 is 10.6 Å². The molecule has 0 spiro atoms. The van der Waals surface area contributed by atoms with Gasteiger partial charge in [-0.3, -0.25) is 10.1 Å². The van der Waals surface area contributed by atoms with Gasteiger partial charge < -0.3 is 5.32 Å². The Morgan fingerprint density at radius 1 is 1.44 bits per heavy atom. The quantitative estimate of drug-likeness (QED) is 0.776. The van der Waals surface area contributed by atoms with E-state index >= 15 is 0 Å². The lowest BCUT2D eigenvalue weighted by Crippen LogP contribution is -2.30. The maximum atomic E-state index is 10.9. The zero-order valence-electron chi connectivity index (χ0n) is 8.23. The van der Waals surface area contributed by atoms with Gasteiger partial charge in [0.1, 0.15) is 6.54 Å². The number of benzene rings is 1. The third-order valence-corrected chi connectivity index (χ3v) is 3.02. The van der Waals surface area contributed by atoms with E-state index in [9.17, 15) is 4.79 Å². The lowest BCUT2D eigenvalue weighted by atomic mass is 10.3. The molecule has 0 fully saturated rings. The highest BCUT2D eigenvalue weighted by molar-refractivity contribution is 7.16. The van der Waals surface area contributed by atoms with Crippen molar-refractivity contribution in [3.05, 3.63) is 23.7 Å². The summed E-state index contributed by atoms with van der Waals surface area (Å²) in [7, 11) is 0.